The van der Waals surface area contributed by atoms with Gasteiger partial charge in [0.2, 0.25) is 0 Å². The quantitative estimate of drug-likeness (QED) is 0.588. The number of amidine groups is 1. The number of hydrazone groups is 1. The van der Waals surface area contributed by atoms with Crippen molar-refractivity contribution in [3.8, 4) is 0 Å². The van der Waals surface area contributed by atoms with Crippen molar-refractivity contribution >= 4 is 5.84 Å². The van der Waals surface area contributed by atoms with Gasteiger partial charge in [0.05, 0.1) is 6.04 Å². The van der Waals surface area contributed by atoms with Crippen LogP contribution in [-0.4, -0.2) is 29.6 Å². The maximum absolute atomic E-state index is 5.94. The van der Waals surface area contributed by atoms with E-state index in [2.05, 4.69) is 5.10 Å². The van der Waals surface area contributed by atoms with Crippen LogP contribution in [0.3, 0.4) is 0 Å². The van der Waals surface area contributed by atoms with Gasteiger partial charge < -0.3 is 17.2 Å². The maximum atomic E-state index is 5.94. The molecule has 0 radical (unpaired) electrons. The molecule has 2 rings (SSSR count). The Morgan fingerprint density at radius 2 is 1.87 bits per heavy atom. The summed E-state index contributed by atoms with van der Waals surface area (Å²) in [6.45, 7) is 0.912. The third-order valence-corrected chi connectivity index (χ3v) is 3.47. The van der Waals surface area contributed by atoms with Gasteiger partial charge in [-0.25, -0.2) is 0 Å². The molecule has 6 N–H and O–H groups in total. The van der Waals surface area contributed by atoms with Crippen LogP contribution in [0.15, 0.2) is 5.10 Å². The van der Waals surface area contributed by atoms with Crippen molar-refractivity contribution in [3.63, 3.8) is 0 Å². The van der Waals surface area contributed by atoms with Gasteiger partial charge >= 0.3 is 0 Å². The standard InChI is InChI=1S/C10H21N5/c11-8-9(12)14-15(10(8)13)6-7-4-2-1-3-5-7/h7-8,10H,1-6,11,13H2,(H2,12,14). The molecule has 0 spiro atoms. The lowest BCUT2D eigenvalue weighted by Gasteiger charge is -2.29. The van der Waals surface area contributed by atoms with Crippen LogP contribution in [0, 0.1) is 5.92 Å². The molecule has 0 aromatic heterocycles. The van der Waals surface area contributed by atoms with E-state index in [1.807, 2.05) is 5.01 Å². The van der Waals surface area contributed by atoms with E-state index in [4.69, 9.17) is 17.2 Å². The molecule has 0 amide bonds. The highest BCUT2D eigenvalue weighted by atomic mass is 15.5. The number of nitrogens with zero attached hydrogens (tertiary/aromatic N) is 2. The summed E-state index contributed by atoms with van der Waals surface area (Å²) >= 11 is 0. The van der Waals surface area contributed by atoms with Gasteiger partial charge in [-0.2, -0.15) is 5.10 Å². The van der Waals surface area contributed by atoms with E-state index in [1.54, 1.807) is 0 Å². The number of nitrogens with two attached hydrogens (primary N) is 3. The topological polar surface area (TPSA) is 93.7 Å². The Morgan fingerprint density at radius 1 is 1.20 bits per heavy atom. The largest absolute Gasteiger partial charge is 0.384 e. The average Bonchev–Trinajstić information content (AvgIpc) is 2.48. The highest BCUT2D eigenvalue weighted by molar-refractivity contribution is 5.87. The molecular formula is C10H21N5. The summed E-state index contributed by atoms with van der Waals surface area (Å²) in [4.78, 5) is 0. The number of hydrogen-bond donors (Lipinski definition) is 3. The zero-order valence-corrected chi connectivity index (χ0v) is 9.10. The Hall–Kier alpha value is -0.810. The molecule has 15 heavy (non-hydrogen) atoms. The minimum atomic E-state index is -0.298. The zero-order valence-electron chi connectivity index (χ0n) is 9.10. The Bertz CT molecular complexity index is 246. The van der Waals surface area contributed by atoms with E-state index >= 15 is 0 Å². The molecule has 0 saturated heterocycles. The van der Waals surface area contributed by atoms with Gasteiger partial charge in [-0.05, 0) is 18.8 Å². The summed E-state index contributed by atoms with van der Waals surface area (Å²) in [5, 5.41) is 6.09. The Morgan fingerprint density at radius 3 is 2.40 bits per heavy atom. The second kappa shape index (κ2) is 4.37. The van der Waals surface area contributed by atoms with Crippen LogP contribution in [0.4, 0.5) is 0 Å². The van der Waals surface area contributed by atoms with E-state index in [0.717, 1.165) is 6.54 Å². The SMILES string of the molecule is NC1=NN(CC2CCCCC2)C(N)C1N. The van der Waals surface area contributed by atoms with Crippen LogP contribution in [0.1, 0.15) is 32.1 Å². The summed E-state index contributed by atoms with van der Waals surface area (Å²) in [7, 11) is 0. The first-order valence-electron chi connectivity index (χ1n) is 5.80. The van der Waals surface area contributed by atoms with Crippen LogP contribution < -0.4 is 17.2 Å². The van der Waals surface area contributed by atoms with Gasteiger partial charge in [-0.1, -0.05) is 19.3 Å². The van der Waals surface area contributed by atoms with Gasteiger partial charge in [0.15, 0.2) is 0 Å². The fraction of sp³-hybridized carbons (Fsp3) is 0.900. The molecule has 86 valence electrons. The normalized spacial score (nSPS) is 33.2. The van der Waals surface area contributed by atoms with Crippen molar-refractivity contribution in [1.29, 1.82) is 0 Å². The molecule has 1 saturated carbocycles. The highest BCUT2D eigenvalue weighted by Crippen LogP contribution is 2.25. The summed E-state index contributed by atoms with van der Waals surface area (Å²) in [6, 6.07) is -0.298. The van der Waals surface area contributed by atoms with E-state index < -0.39 is 0 Å². The first-order valence-corrected chi connectivity index (χ1v) is 5.80. The molecule has 5 nitrogen and oxygen atoms in total. The zero-order chi connectivity index (χ0) is 10.8. The molecule has 2 aliphatic rings. The van der Waals surface area contributed by atoms with E-state index in [-0.39, 0.29) is 12.2 Å². The third-order valence-electron chi connectivity index (χ3n) is 3.47. The lowest BCUT2D eigenvalue weighted by molar-refractivity contribution is 0.168. The molecule has 1 heterocycles. The van der Waals surface area contributed by atoms with Gasteiger partial charge in [0.25, 0.3) is 0 Å². The molecule has 0 aromatic rings. The third kappa shape index (κ3) is 2.23. The number of hydrogen-bond acceptors (Lipinski definition) is 5. The Balaban J connectivity index is 1.89. The van der Waals surface area contributed by atoms with Crippen LogP contribution in [0.2, 0.25) is 0 Å². The van der Waals surface area contributed by atoms with Crippen molar-refractivity contribution in [2.75, 3.05) is 6.54 Å². The van der Waals surface area contributed by atoms with Crippen molar-refractivity contribution in [2.45, 2.75) is 44.3 Å². The monoisotopic (exact) mass is 211 g/mol. The fourth-order valence-corrected chi connectivity index (χ4v) is 2.44. The minimum Gasteiger partial charge on any atom is -0.384 e. The molecule has 2 unspecified atom stereocenters. The van der Waals surface area contributed by atoms with Crippen molar-refractivity contribution in [1.82, 2.24) is 5.01 Å². The van der Waals surface area contributed by atoms with Crippen molar-refractivity contribution < 1.29 is 0 Å². The lowest BCUT2D eigenvalue weighted by atomic mass is 9.89. The summed E-state index contributed by atoms with van der Waals surface area (Å²) in [5.74, 6) is 1.19. The lowest BCUT2D eigenvalue weighted by Crippen LogP contribution is -2.51. The molecule has 1 fully saturated rings. The predicted molar refractivity (Wildman–Crippen MR) is 60.9 cm³/mol. The van der Waals surface area contributed by atoms with Crippen LogP contribution in [-0.2, 0) is 0 Å². The summed E-state index contributed by atoms with van der Waals surface area (Å²) in [5.41, 5.74) is 17.4. The second-order valence-electron chi connectivity index (χ2n) is 4.67. The Labute approximate surface area is 90.7 Å². The predicted octanol–water partition coefficient (Wildman–Crippen LogP) is -0.233. The summed E-state index contributed by atoms with van der Waals surface area (Å²) in [6.07, 6.45) is 6.37. The smallest absolute Gasteiger partial charge is 0.140 e. The van der Waals surface area contributed by atoms with E-state index in [9.17, 15) is 0 Å². The Kier molecular flexibility index (Phi) is 3.11. The average molecular weight is 211 g/mol. The molecule has 2 atom stereocenters. The summed E-state index contributed by atoms with van der Waals surface area (Å²) < 4.78 is 0. The highest BCUT2D eigenvalue weighted by Gasteiger charge is 2.31. The van der Waals surface area contributed by atoms with Crippen molar-refractivity contribution in [3.05, 3.63) is 0 Å². The maximum Gasteiger partial charge on any atom is 0.140 e. The second-order valence-corrected chi connectivity index (χ2v) is 4.67. The first kappa shape index (κ1) is 10.7. The molecule has 5 heteroatoms. The minimum absolute atomic E-state index is 0.230. The molecule has 1 aliphatic carbocycles. The molecule has 0 aromatic carbocycles. The molecular weight excluding hydrogens is 190 g/mol. The van der Waals surface area contributed by atoms with Crippen LogP contribution >= 0.6 is 0 Å². The van der Waals surface area contributed by atoms with Gasteiger partial charge in [-0.3, -0.25) is 5.01 Å². The van der Waals surface area contributed by atoms with E-state index in [0.29, 0.717) is 11.8 Å². The first-order chi connectivity index (χ1) is 7.18. The van der Waals surface area contributed by atoms with Gasteiger partial charge in [0, 0.05) is 6.54 Å². The van der Waals surface area contributed by atoms with Crippen LogP contribution in [0.25, 0.3) is 0 Å². The van der Waals surface area contributed by atoms with Gasteiger partial charge in [0.1, 0.15) is 12.0 Å². The van der Waals surface area contributed by atoms with E-state index in [1.165, 1.54) is 32.1 Å². The fourth-order valence-electron chi connectivity index (χ4n) is 2.44. The molecule has 1 aliphatic heterocycles. The van der Waals surface area contributed by atoms with Crippen molar-refractivity contribution in [2.24, 2.45) is 28.2 Å². The molecule has 0 bridgehead atoms. The van der Waals surface area contributed by atoms with Gasteiger partial charge in [-0.15, -0.1) is 0 Å². The van der Waals surface area contributed by atoms with Crippen LogP contribution in [0.5, 0.6) is 0 Å². The number of rotatable bonds is 2.